The highest BCUT2D eigenvalue weighted by Gasteiger charge is 2.15. The maximum absolute atomic E-state index is 11.7. The lowest BCUT2D eigenvalue weighted by atomic mass is 10.4. The van der Waals surface area contributed by atoms with Crippen molar-refractivity contribution in [2.24, 2.45) is 0 Å². The molecule has 4 nitrogen and oxygen atoms in total. The number of hydrogen-bond acceptors (Lipinski definition) is 3. The smallest absolute Gasteiger partial charge is 0.272 e. The Kier molecular flexibility index (Phi) is 3.50. The fourth-order valence-electron chi connectivity index (χ4n) is 1.36. The Balaban J connectivity index is 2.37. The molecule has 0 radical (unpaired) electrons. The maximum atomic E-state index is 11.7. The van der Waals surface area contributed by atoms with Crippen molar-refractivity contribution in [1.29, 1.82) is 0 Å². The van der Waals surface area contributed by atoms with Gasteiger partial charge in [0.2, 0.25) is 0 Å². The summed E-state index contributed by atoms with van der Waals surface area (Å²) in [6.45, 7) is 0.530. The Morgan fingerprint density at radius 1 is 1.56 bits per heavy atom. The van der Waals surface area contributed by atoms with Gasteiger partial charge in [0.25, 0.3) is 5.91 Å². The van der Waals surface area contributed by atoms with Gasteiger partial charge in [-0.2, -0.15) is 12.6 Å². The molecule has 0 aliphatic heterocycles. The monoisotopic (exact) mass is 299 g/mol. The zero-order chi connectivity index (χ0) is 11.5. The van der Waals surface area contributed by atoms with E-state index in [1.165, 1.54) is 0 Å². The maximum Gasteiger partial charge on any atom is 0.272 e. The minimum Gasteiger partial charge on any atom is -0.350 e. The van der Waals surface area contributed by atoms with E-state index in [9.17, 15) is 4.79 Å². The Labute approximate surface area is 107 Å². The van der Waals surface area contributed by atoms with Crippen molar-refractivity contribution >= 4 is 40.1 Å². The third-order valence-corrected chi connectivity index (χ3v) is 3.07. The summed E-state index contributed by atoms with van der Waals surface area (Å²) in [5.74, 6) is 0.418. The van der Waals surface area contributed by atoms with Crippen molar-refractivity contribution in [2.45, 2.75) is 0 Å². The van der Waals surface area contributed by atoms with Gasteiger partial charge < -0.3 is 5.32 Å². The molecule has 0 fully saturated rings. The number of hydrogen-bond donors (Lipinski definition) is 2. The van der Waals surface area contributed by atoms with Gasteiger partial charge in [-0.3, -0.25) is 9.20 Å². The van der Waals surface area contributed by atoms with Crippen LogP contribution in [0, 0.1) is 0 Å². The number of fused-ring (bicyclic) bond motifs is 1. The van der Waals surface area contributed by atoms with Crippen LogP contribution in [0.3, 0.4) is 0 Å². The van der Waals surface area contributed by atoms with Crippen LogP contribution in [0.1, 0.15) is 10.5 Å². The molecule has 1 N–H and O–H groups in total. The van der Waals surface area contributed by atoms with Gasteiger partial charge in [-0.1, -0.05) is 6.07 Å². The minimum absolute atomic E-state index is 0.190. The number of thiol groups is 1. The normalized spacial score (nSPS) is 10.6. The Hall–Kier alpha value is -1.01. The SMILES string of the molecule is O=C(NCCS)c1nc2ccccn2c1Br. The van der Waals surface area contributed by atoms with E-state index < -0.39 is 0 Å². The first-order valence-electron chi connectivity index (χ1n) is 4.75. The molecule has 0 atom stereocenters. The van der Waals surface area contributed by atoms with Crippen molar-refractivity contribution in [3.05, 3.63) is 34.7 Å². The van der Waals surface area contributed by atoms with Gasteiger partial charge in [0.1, 0.15) is 10.3 Å². The second kappa shape index (κ2) is 4.88. The summed E-state index contributed by atoms with van der Waals surface area (Å²) >= 11 is 7.40. The first-order valence-corrected chi connectivity index (χ1v) is 6.18. The van der Waals surface area contributed by atoms with E-state index >= 15 is 0 Å². The van der Waals surface area contributed by atoms with Crippen LogP contribution in [-0.2, 0) is 0 Å². The number of carbonyl (C=O) groups excluding carboxylic acids is 1. The molecule has 2 aromatic heterocycles. The van der Waals surface area contributed by atoms with E-state index in [0.29, 0.717) is 22.6 Å². The lowest BCUT2D eigenvalue weighted by molar-refractivity contribution is 0.0951. The summed E-state index contributed by atoms with van der Waals surface area (Å²) in [7, 11) is 0. The van der Waals surface area contributed by atoms with Gasteiger partial charge in [-0.05, 0) is 28.1 Å². The topological polar surface area (TPSA) is 46.4 Å². The highest BCUT2D eigenvalue weighted by Crippen LogP contribution is 2.18. The fourth-order valence-corrected chi connectivity index (χ4v) is 2.04. The van der Waals surface area contributed by atoms with E-state index in [-0.39, 0.29) is 5.91 Å². The number of rotatable bonds is 3. The van der Waals surface area contributed by atoms with Gasteiger partial charge in [-0.25, -0.2) is 4.98 Å². The molecular weight excluding hydrogens is 290 g/mol. The van der Waals surface area contributed by atoms with E-state index in [0.717, 1.165) is 5.65 Å². The second-order valence-corrected chi connectivity index (χ2v) is 4.36. The molecule has 0 saturated heterocycles. The molecular formula is C10H10BrN3OS. The van der Waals surface area contributed by atoms with Gasteiger partial charge in [0.05, 0.1) is 0 Å². The van der Waals surface area contributed by atoms with Gasteiger partial charge in [0, 0.05) is 18.5 Å². The third kappa shape index (κ3) is 2.08. The molecule has 0 aliphatic rings. The van der Waals surface area contributed by atoms with Gasteiger partial charge in [-0.15, -0.1) is 0 Å². The predicted molar refractivity (Wildman–Crippen MR) is 69.1 cm³/mol. The van der Waals surface area contributed by atoms with Crippen LogP contribution in [0.15, 0.2) is 29.0 Å². The average molecular weight is 300 g/mol. The molecule has 0 bridgehead atoms. The quantitative estimate of drug-likeness (QED) is 0.849. The average Bonchev–Trinajstić information content (AvgIpc) is 2.64. The third-order valence-electron chi connectivity index (χ3n) is 2.08. The molecule has 84 valence electrons. The molecule has 2 heterocycles. The van der Waals surface area contributed by atoms with E-state index in [1.807, 2.05) is 28.8 Å². The summed E-state index contributed by atoms with van der Waals surface area (Å²) in [4.78, 5) is 16.0. The molecule has 16 heavy (non-hydrogen) atoms. The number of halogens is 1. The van der Waals surface area contributed by atoms with E-state index in [4.69, 9.17) is 0 Å². The minimum atomic E-state index is -0.190. The molecule has 0 aliphatic carbocycles. The van der Waals surface area contributed by atoms with Crippen LogP contribution in [0.2, 0.25) is 0 Å². The zero-order valence-electron chi connectivity index (χ0n) is 8.35. The Morgan fingerprint density at radius 2 is 2.38 bits per heavy atom. The van der Waals surface area contributed by atoms with Crippen LogP contribution < -0.4 is 5.32 Å². The van der Waals surface area contributed by atoms with Crippen molar-refractivity contribution in [2.75, 3.05) is 12.3 Å². The molecule has 6 heteroatoms. The van der Waals surface area contributed by atoms with E-state index in [1.54, 1.807) is 0 Å². The van der Waals surface area contributed by atoms with Gasteiger partial charge >= 0.3 is 0 Å². The number of amides is 1. The summed E-state index contributed by atoms with van der Waals surface area (Å²) in [5.41, 5.74) is 1.14. The fraction of sp³-hybridized carbons (Fsp3) is 0.200. The largest absolute Gasteiger partial charge is 0.350 e. The molecule has 0 spiro atoms. The molecule has 2 rings (SSSR count). The van der Waals surface area contributed by atoms with Crippen LogP contribution in [0.4, 0.5) is 0 Å². The lowest BCUT2D eigenvalue weighted by Crippen LogP contribution is -2.25. The summed E-state index contributed by atoms with van der Waals surface area (Å²) < 4.78 is 2.48. The van der Waals surface area contributed by atoms with Crippen molar-refractivity contribution in [1.82, 2.24) is 14.7 Å². The number of nitrogens with zero attached hydrogens (tertiary/aromatic N) is 2. The number of nitrogens with one attached hydrogen (secondary N) is 1. The van der Waals surface area contributed by atoms with Crippen LogP contribution in [0.25, 0.3) is 5.65 Å². The van der Waals surface area contributed by atoms with Crippen LogP contribution in [-0.4, -0.2) is 27.6 Å². The highest BCUT2D eigenvalue weighted by molar-refractivity contribution is 9.10. The Bertz CT molecular complexity index is 526. The van der Waals surface area contributed by atoms with Gasteiger partial charge in [0.15, 0.2) is 5.69 Å². The summed E-state index contributed by atoms with van der Waals surface area (Å²) in [6.07, 6.45) is 1.85. The zero-order valence-corrected chi connectivity index (χ0v) is 10.8. The molecule has 0 saturated carbocycles. The molecule has 2 aromatic rings. The van der Waals surface area contributed by atoms with E-state index in [2.05, 4.69) is 38.9 Å². The summed E-state index contributed by atoms with van der Waals surface area (Å²) in [6, 6.07) is 5.61. The van der Waals surface area contributed by atoms with Crippen molar-refractivity contribution < 1.29 is 4.79 Å². The van der Waals surface area contributed by atoms with Crippen LogP contribution >= 0.6 is 28.6 Å². The lowest BCUT2D eigenvalue weighted by Gasteiger charge is -1.99. The molecule has 0 unspecified atom stereocenters. The first-order chi connectivity index (χ1) is 7.74. The number of carbonyl (C=O) groups is 1. The molecule has 0 aromatic carbocycles. The van der Waals surface area contributed by atoms with Crippen molar-refractivity contribution in [3.63, 3.8) is 0 Å². The highest BCUT2D eigenvalue weighted by atomic mass is 79.9. The first kappa shape index (κ1) is 11.5. The number of aromatic nitrogens is 2. The number of pyridine rings is 1. The summed E-state index contributed by atoms with van der Waals surface area (Å²) in [5, 5.41) is 2.73. The standard InChI is InChI=1S/C10H10BrN3OS/c11-9-8(10(15)12-4-6-16)13-7-3-1-2-5-14(7)9/h1-3,5,16H,4,6H2,(H,12,15). The number of imidazole rings is 1. The molecule has 1 amide bonds. The van der Waals surface area contributed by atoms with Crippen molar-refractivity contribution in [3.8, 4) is 0 Å². The van der Waals surface area contributed by atoms with Crippen LogP contribution in [0.5, 0.6) is 0 Å². The second-order valence-electron chi connectivity index (χ2n) is 3.16. The predicted octanol–water partition coefficient (Wildman–Crippen LogP) is 1.76. The Morgan fingerprint density at radius 3 is 3.06 bits per heavy atom.